The van der Waals surface area contributed by atoms with Crippen LogP contribution in [0.15, 0.2) is 18.2 Å². The smallest absolute Gasteiger partial charge is 0.410 e. The third-order valence-electron chi connectivity index (χ3n) is 5.23. The van der Waals surface area contributed by atoms with Gasteiger partial charge in [0, 0.05) is 30.3 Å². The summed E-state index contributed by atoms with van der Waals surface area (Å²) in [5.74, 6) is -0.769. The summed E-state index contributed by atoms with van der Waals surface area (Å²) in [7, 11) is 0. The van der Waals surface area contributed by atoms with Crippen LogP contribution in [-0.4, -0.2) is 65.3 Å². The first-order valence-electron chi connectivity index (χ1n) is 10.2. The molecule has 9 heteroatoms. The summed E-state index contributed by atoms with van der Waals surface area (Å²) in [6, 6.07) is 2.64. The monoisotopic (exact) mass is 443 g/mol. The van der Waals surface area contributed by atoms with Crippen LogP contribution in [0, 0.1) is 5.82 Å². The molecule has 2 aliphatic rings. The van der Waals surface area contributed by atoms with Crippen molar-refractivity contribution in [1.82, 2.24) is 9.80 Å². The zero-order chi connectivity index (χ0) is 22.1. The van der Waals surface area contributed by atoms with Gasteiger partial charge in [0.1, 0.15) is 23.6 Å². The van der Waals surface area contributed by atoms with Gasteiger partial charge < -0.3 is 19.9 Å². The predicted molar refractivity (Wildman–Crippen MR) is 111 cm³/mol. The number of amides is 2. The molecule has 1 aromatic rings. The second-order valence-corrected chi connectivity index (χ2v) is 9.26. The maximum atomic E-state index is 14.8. The van der Waals surface area contributed by atoms with Crippen LogP contribution in [0.2, 0.25) is 5.02 Å². The number of benzene rings is 1. The fraction of sp³-hybridized carbons (Fsp3) is 0.619. The molecule has 166 valence electrons. The molecule has 0 bridgehead atoms. The first-order chi connectivity index (χ1) is 14.0. The van der Waals surface area contributed by atoms with E-state index in [4.69, 9.17) is 16.3 Å². The minimum absolute atomic E-state index is 0.0837. The molecular weight excluding hydrogens is 416 g/mol. The molecule has 2 saturated heterocycles. The molecule has 0 unspecified atom stereocenters. The number of nitrogens with zero attached hydrogens (tertiary/aromatic N) is 2. The molecule has 6 nitrogen and oxygen atoms in total. The Labute approximate surface area is 180 Å². The third-order valence-corrected chi connectivity index (χ3v) is 5.45. The molecule has 3 rings (SSSR count). The highest BCUT2D eigenvalue weighted by molar-refractivity contribution is 6.30. The minimum atomic E-state index is -1.23. The van der Waals surface area contributed by atoms with Gasteiger partial charge in [-0.1, -0.05) is 11.6 Å². The van der Waals surface area contributed by atoms with Gasteiger partial charge in [0.15, 0.2) is 0 Å². The largest absolute Gasteiger partial charge is 0.444 e. The van der Waals surface area contributed by atoms with E-state index in [9.17, 15) is 18.4 Å². The fourth-order valence-electron chi connectivity index (χ4n) is 3.89. The second kappa shape index (κ2) is 8.96. The molecule has 2 amide bonds. The molecule has 30 heavy (non-hydrogen) atoms. The highest BCUT2D eigenvalue weighted by Gasteiger charge is 2.41. The van der Waals surface area contributed by atoms with E-state index >= 15 is 0 Å². The summed E-state index contributed by atoms with van der Waals surface area (Å²) in [4.78, 5) is 28.5. The van der Waals surface area contributed by atoms with Crippen molar-refractivity contribution in [3.8, 4) is 0 Å². The number of halogens is 3. The Morgan fingerprint density at radius 3 is 2.63 bits per heavy atom. The van der Waals surface area contributed by atoms with E-state index in [2.05, 4.69) is 5.32 Å². The second-order valence-electron chi connectivity index (χ2n) is 8.83. The van der Waals surface area contributed by atoms with E-state index in [1.165, 1.54) is 21.9 Å². The number of ether oxygens (including phenoxy) is 1. The van der Waals surface area contributed by atoms with E-state index in [1.807, 2.05) is 0 Å². The van der Waals surface area contributed by atoms with Gasteiger partial charge in [-0.25, -0.2) is 13.6 Å². The van der Waals surface area contributed by atoms with E-state index in [0.29, 0.717) is 25.1 Å². The molecule has 2 heterocycles. The first-order valence-corrected chi connectivity index (χ1v) is 10.6. The van der Waals surface area contributed by atoms with Gasteiger partial charge >= 0.3 is 6.09 Å². The van der Waals surface area contributed by atoms with Gasteiger partial charge in [0.2, 0.25) is 5.91 Å². The third kappa shape index (κ3) is 5.53. The summed E-state index contributed by atoms with van der Waals surface area (Å²) in [6.45, 7) is 6.06. The Morgan fingerprint density at radius 2 is 1.97 bits per heavy atom. The van der Waals surface area contributed by atoms with Crippen molar-refractivity contribution in [2.75, 3.05) is 25.0 Å². The van der Waals surface area contributed by atoms with E-state index in [-0.39, 0.29) is 30.4 Å². The zero-order valence-corrected chi connectivity index (χ0v) is 18.2. The number of carbonyl (C=O) groups excluding carboxylic acids is 2. The molecule has 2 fully saturated rings. The van der Waals surface area contributed by atoms with Crippen LogP contribution >= 0.6 is 11.6 Å². The number of anilines is 1. The van der Waals surface area contributed by atoms with Crippen LogP contribution in [0.1, 0.15) is 40.0 Å². The van der Waals surface area contributed by atoms with Gasteiger partial charge in [-0.15, -0.1) is 0 Å². The first kappa shape index (κ1) is 22.6. The van der Waals surface area contributed by atoms with Gasteiger partial charge in [0.25, 0.3) is 0 Å². The molecule has 0 radical (unpaired) electrons. The van der Waals surface area contributed by atoms with Gasteiger partial charge in [-0.05, 0) is 58.2 Å². The average molecular weight is 444 g/mol. The van der Waals surface area contributed by atoms with Crippen LogP contribution in [0.4, 0.5) is 19.3 Å². The number of hydrogen-bond donors (Lipinski definition) is 1. The maximum Gasteiger partial charge on any atom is 0.410 e. The summed E-state index contributed by atoms with van der Waals surface area (Å²) in [5.41, 5.74) is -0.252. The van der Waals surface area contributed by atoms with Crippen LogP contribution < -0.4 is 5.32 Å². The lowest BCUT2D eigenvalue weighted by molar-refractivity contribution is -0.140. The predicted octanol–water partition coefficient (Wildman–Crippen LogP) is 4.23. The number of piperidine rings is 2. The van der Waals surface area contributed by atoms with Crippen LogP contribution in [0.5, 0.6) is 0 Å². The molecule has 0 spiro atoms. The van der Waals surface area contributed by atoms with Crippen molar-refractivity contribution in [2.24, 2.45) is 0 Å². The molecule has 3 atom stereocenters. The van der Waals surface area contributed by atoms with Crippen molar-refractivity contribution < 1.29 is 23.1 Å². The summed E-state index contributed by atoms with van der Waals surface area (Å²) >= 11 is 5.89. The molecule has 2 aliphatic heterocycles. The van der Waals surface area contributed by atoms with E-state index in [1.54, 1.807) is 26.8 Å². The summed E-state index contributed by atoms with van der Waals surface area (Å²) in [5, 5.41) is 3.24. The average Bonchev–Trinajstić information content (AvgIpc) is 2.62. The van der Waals surface area contributed by atoms with Crippen molar-refractivity contribution in [2.45, 2.75) is 63.9 Å². The Bertz CT molecular complexity index is 782. The number of carbonyl (C=O) groups is 2. The van der Waals surface area contributed by atoms with Gasteiger partial charge in [0.05, 0.1) is 6.04 Å². The quantitative estimate of drug-likeness (QED) is 0.759. The van der Waals surface area contributed by atoms with Gasteiger partial charge in [-0.3, -0.25) is 4.79 Å². The van der Waals surface area contributed by atoms with Crippen LogP contribution in [0.3, 0.4) is 0 Å². The van der Waals surface area contributed by atoms with Crippen molar-refractivity contribution >= 4 is 29.3 Å². The maximum absolute atomic E-state index is 14.8. The van der Waals surface area contributed by atoms with E-state index in [0.717, 1.165) is 0 Å². The summed E-state index contributed by atoms with van der Waals surface area (Å²) < 4.78 is 33.8. The zero-order valence-electron chi connectivity index (χ0n) is 17.5. The fourth-order valence-corrected chi connectivity index (χ4v) is 4.11. The Kier molecular flexibility index (Phi) is 6.75. The van der Waals surface area contributed by atoms with Crippen molar-refractivity contribution in [1.29, 1.82) is 0 Å². The van der Waals surface area contributed by atoms with Gasteiger partial charge in [-0.2, -0.15) is 0 Å². The SMILES string of the molecule is CC(C)(C)OC(=O)N1CC[C@H](F)[C@H](N2CCC[C@H](Nc3cc(F)cc(Cl)c3)C2=O)C1. The minimum Gasteiger partial charge on any atom is -0.444 e. The van der Waals surface area contributed by atoms with E-state index < -0.39 is 35.8 Å². The lowest BCUT2D eigenvalue weighted by atomic mass is 9.96. The molecule has 1 aromatic carbocycles. The van der Waals surface area contributed by atoms with Crippen molar-refractivity contribution in [3.63, 3.8) is 0 Å². The number of hydrogen-bond acceptors (Lipinski definition) is 4. The molecule has 0 aliphatic carbocycles. The van der Waals surface area contributed by atoms with Crippen molar-refractivity contribution in [3.05, 3.63) is 29.0 Å². The molecule has 0 saturated carbocycles. The molecule has 1 N–H and O–H groups in total. The highest BCUT2D eigenvalue weighted by atomic mass is 35.5. The number of nitrogens with one attached hydrogen (secondary N) is 1. The number of likely N-dealkylation sites (tertiary alicyclic amines) is 2. The number of rotatable bonds is 3. The van der Waals surface area contributed by atoms with Crippen LogP contribution in [0.25, 0.3) is 0 Å². The van der Waals surface area contributed by atoms with Crippen LogP contribution in [-0.2, 0) is 9.53 Å². The number of alkyl halides is 1. The Hall–Kier alpha value is -2.09. The lowest BCUT2D eigenvalue weighted by Crippen LogP contribution is -2.61. The molecule has 0 aromatic heterocycles. The lowest BCUT2D eigenvalue weighted by Gasteiger charge is -2.44. The Morgan fingerprint density at radius 1 is 1.23 bits per heavy atom. The highest BCUT2D eigenvalue weighted by Crippen LogP contribution is 2.27. The standard InChI is InChI=1S/C21H28ClF2N3O3/c1-21(2,3)30-20(29)26-8-6-16(24)18(12-26)27-7-4-5-17(19(27)28)25-15-10-13(22)9-14(23)11-15/h9-11,16-18,25H,4-8,12H2,1-3H3/t16-,17-,18+/m0/s1. The summed E-state index contributed by atoms with van der Waals surface area (Å²) in [6.07, 6.45) is -0.376. The Balaban J connectivity index is 1.70. The topological polar surface area (TPSA) is 61.9 Å². The molecular formula is C21H28ClF2N3O3. The normalized spacial score (nSPS) is 25.3.